The molecule has 2 aromatic rings. The van der Waals surface area contributed by atoms with E-state index in [0.717, 1.165) is 11.4 Å². The van der Waals surface area contributed by atoms with E-state index in [1.54, 1.807) is 0 Å². The van der Waals surface area contributed by atoms with E-state index < -0.39 is 0 Å². The van der Waals surface area contributed by atoms with Gasteiger partial charge in [-0.25, -0.2) is 0 Å². The first-order valence-corrected chi connectivity index (χ1v) is 8.13. The molecule has 0 fully saturated rings. The summed E-state index contributed by atoms with van der Waals surface area (Å²) < 4.78 is 0. The first-order chi connectivity index (χ1) is 8.25. The Balaban J connectivity index is 2.12. The lowest BCUT2D eigenvalue weighted by atomic mass is 10.3. The Bertz CT molecular complexity index is 489. The second kappa shape index (κ2) is 5.55. The van der Waals surface area contributed by atoms with Crippen LogP contribution in [0.2, 0.25) is 13.1 Å². The fraction of sp³-hybridized carbons (Fsp3) is 0.143. The monoisotopic (exact) mass is 239 g/mol. The Morgan fingerprint density at radius 1 is 0.706 bits per heavy atom. The molecule has 0 unspecified atom stereocenters. The molecule has 1 radical (unpaired) electrons. The van der Waals surface area contributed by atoms with Gasteiger partial charge < -0.3 is 0 Å². The van der Waals surface area contributed by atoms with Gasteiger partial charge in [-0.3, -0.25) is 0 Å². The van der Waals surface area contributed by atoms with Gasteiger partial charge in [-0.05, 0) is 24.3 Å². The van der Waals surface area contributed by atoms with E-state index in [4.69, 9.17) is 0 Å². The van der Waals surface area contributed by atoms with Crippen molar-refractivity contribution in [1.82, 2.24) is 0 Å². The number of hydrogen-bond donors (Lipinski definition) is 0. The van der Waals surface area contributed by atoms with Gasteiger partial charge in [0.05, 0.1) is 20.2 Å². The molecule has 85 valence electrons. The van der Waals surface area contributed by atoms with Gasteiger partial charge in [0.1, 0.15) is 0 Å². The van der Waals surface area contributed by atoms with Crippen molar-refractivity contribution >= 4 is 25.4 Å². The molecule has 0 aliphatic rings. The lowest BCUT2D eigenvalue weighted by molar-refractivity contribution is 1.23. The molecule has 0 aliphatic heterocycles. The quantitative estimate of drug-likeness (QED) is 0.570. The van der Waals surface area contributed by atoms with Crippen LogP contribution in [0, 0.1) is 0 Å². The van der Waals surface area contributed by atoms with E-state index in [1.165, 1.54) is 5.19 Å². The van der Waals surface area contributed by atoms with E-state index in [-0.39, 0.29) is 8.80 Å². The van der Waals surface area contributed by atoms with Crippen LogP contribution in [0.15, 0.2) is 64.8 Å². The minimum atomic E-state index is -0.367. The van der Waals surface area contributed by atoms with E-state index >= 15 is 0 Å². The van der Waals surface area contributed by atoms with Crippen LogP contribution in [-0.2, 0) is 0 Å². The van der Waals surface area contributed by atoms with Crippen molar-refractivity contribution in [3.05, 3.63) is 54.6 Å². The third-order valence-corrected chi connectivity index (χ3v) is 3.97. The molecule has 0 N–H and O–H groups in total. The van der Waals surface area contributed by atoms with Gasteiger partial charge in [-0.1, -0.05) is 48.6 Å². The smallest absolute Gasteiger partial charge is 0.0857 e. The fourth-order valence-electron chi connectivity index (χ4n) is 1.47. The highest BCUT2D eigenvalue weighted by Gasteiger charge is 1.99. The van der Waals surface area contributed by atoms with Crippen molar-refractivity contribution in [2.24, 2.45) is 10.2 Å². The van der Waals surface area contributed by atoms with Crippen molar-refractivity contribution in [2.75, 3.05) is 0 Å². The molecule has 0 heterocycles. The van der Waals surface area contributed by atoms with Crippen LogP contribution in [0.5, 0.6) is 0 Å². The molecule has 3 heteroatoms. The average molecular weight is 239 g/mol. The first kappa shape index (κ1) is 11.7. The number of rotatable bonds is 3. The van der Waals surface area contributed by atoms with E-state index in [1.807, 2.05) is 42.5 Å². The summed E-state index contributed by atoms with van der Waals surface area (Å²) in [6, 6.07) is 18.1. The van der Waals surface area contributed by atoms with Crippen molar-refractivity contribution in [3.8, 4) is 0 Å². The summed E-state index contributed by atoms with van der Waals surface area (Å²) in [5.41, 5.74) is 1.79. The molecule has 0 saturated heterocycles. The number of benzene rings is 2. The molecule has 17 heavy (non-hydrogen) atoms. The molecule has 0 aliphatic carbocycles. The largest absolute Gasteiger partial charge is 0.151 e. The van der Waals surface area contributed by atoms with Gasteiger partial charge in [0, 0.05) is 0 Å². The molecule has 0 aromatic heterocycles. The van der Waals surface area contributed by atoms with Gasteiger partial charge in [-0.2, -0.15) is 10.2 Å². The number of nitrogens with zero attached hydrogens (tertiary/aromatic N) is 2. The van der Waals surface area contributed by atoms with Crippen LogP contribution in [0.4, 0.5) is 11.4 Å². The number of azo groups is 1. The molecule has 0 saturated carbocycles. The Morgan fingerprint density at radius 2 is 1.24 bits per heavy atom. The molecular weight excluding hydrogens is 224 g/mol. The molecule has 0 bridgehead atoms. The Hall–Kier alpha value is -1.74. The Kier molecular flexibility index (Phi) is 3.83. The lowest BCUT2D eigenvalue weighted by Gasteiger charge is -2.02. The van der Waals surface area contributed by atoms with Crippen molar-refractivity contribution in [1.29, 1.82) is 0 Å². The zero-order valence-corrected chi connectivity index (χ0v) is 11.1. The molecule has 0 atom stereocenters. The molecular formula is C14H15N2Si. The number of hydrogen-bond acceptors (Lipinski definition) is 2. The van der Waals surface area contributed by atoms with Gasteiger partial charge >= 0.3 is 0 Å². The van der Waals surface area contributed by atoms with Crippen LogP contribution in [0.3, 0.4) is 0 Å². The van der Waals surface area contributed by atoms with Crippen molar-refractivity contribution < 1.29 is 0 Å². The van der Waals surface area contributed by atoms with E-state index in [9.17, 15) is 0 Å². The van der Waals surface area contributed by atoms with E-state index in [2.05, 4.69) is 35.5 Å². The predicted octanol–water partition coefficient (Wildman–Crippen LogP) is 4.06. The Morgan fingerprint density at radius 3 is 1.76 bits per heavy atom. The Labute approximate surface area is 104 Å². The topological polar surface area (TPSA) is 24.7 Å². The summed E-state index contributed by atoms with van der Waals surface area (Å²) in [6.45, 7) is 4.57. The van der Waals surface area contributed by atoms with Gasteiger partial charge in [0.25, 0.3) is 0 Å². The maximum Gasteiger partial charge on any atom is 0.0857 e. The standard InChI is InChI=1S/C14H15N2Si/c1-17(2)14-10-8-13(9-11-14)16-15-12-6-4-3-5-7-12/h3-11H,1-2H3. The summed E-state index contributed by atoms with van der Waals surface area (Å²) in [4.78, 5) is 0. The van der Waals surface area contributed by atoms with E-state index in [0.29, 0.717) is 0 Å². The van der Waals surface area contributed by atoms with Gasteiger partial charge in [-0.15, -0.1) is 0 Å². The van der Waals surface area contributed by atoms with Crippen LogP contribution in [0.25, 0.3) is 0 Å². The highest BCUT2D eigenvalue weighted by molar-refractivity contribution is 6.70. The molecule has 2 rings (SSSR count). The highest BCUT2D eigenvalue weighted by atomic mass is 28.3. The predicted molar refractivity (Wildman–Crippen MR) is 74.2 cm³/mol. The van der Waals surface area contributed by atoms with Crippen LogP contribution < -0.4 is 5.19 Å². The van der Waals surface area contributed by atoms with Gasteiger partial charge in [0.15, 0.2) is 0 Å². The van der Waals surface area contributed by atoms with Crippen molar-refractivity contribution in [2.45, 2.75) is 13.1 Å². The molecule has 0 amide bonds. The van der Waals surface area contributed by atoms with Crippen molar-refractivity contribution in [3.63, 3.8) is 0 Å². The highest BCUT2D eigenvalue weighted by Crippen LogP contribution is 2.16. The minimum Gasteiger partial charge on any atom is -0.151 e. The van der Waals surface area contributed by atoms with Gasteiger partial charge in [0.2, 0.25) is 0 Å². The maximum absolute atomic E-state index is 4.21. The summed E-state index contributed by atoms with van der Waals surface area (Å²) in [5.74, 6) is 0. The molecule has 0 spiro atoms. The first-order valence-electron chi connectivity index (χ1n) is 5.63. The third kappa shape index (κ3) is 3.36. The van der Waals surface area contributed by atoms with Crippen LogP contribution >= 0.6 is 0 Å². The second-order valence-electron chi connectivity index (χ2n) is 4.08. The lowest BCUT2D eigenvalue weighted by Crippen LogP contribution is -2.21. The summed E-state index contributed by atoms with van der Waals surface area (Å²) >= 11 is 0. The third-order valence-electron chi connectivity index (χ3n) is 2.48. The summed E-state index contributed by atoms with van der Waals surface area (Å²) in [7, 11) is -0.367. The maximum atomic E-state index is 4.21. The zero-order chi connectivity index (χ0) is 12.1. The molecule has 2 nitrogen and oxygen atoms in total. The SMILES string of the molecule is C[Si](C)c1ccc(N=Nc2ccccc2)cc1. The molecule has 2 aromatic carbocycles. The normalized spacial score (nSPS) is 11.2. The fourth-order valence-corrected chi connectivity index (χ4v) is 2.30. The summed E-state index contributed by atoms with van der Waals surface area (Å²) in [5, 5.41) is 9.82. The van der Waals surface area contributed by atoms with Crippen LogP contribution in [0.1, 0.15) is 0 Å². The average Bonchev–Trinajstić information content (AvgIpc) is 2.38. The van der Waals surface area contributed by atoms with Crippen LogP contribution in [-0.4, -0.2) is 8.80 Å². The minimum absolute atomic E-state index is 0.367. The second-order valence-corrected chi connectivity index (χ2v) is 6.66. The zero-order valence-electron chi connectivity index (χ0n) is 10.1. The summed E-state index contributed by atoms with van der Waals surface area (Å²) in [6.07, 6.45) is 0.